The number of carboxylic acid groups (broad SMARTS) is 1. The second kappa shape index (κ2) is 7.11. The summed E-state index contributed by atoms with van der Waals surface area (Å²) in [5, 5.41) is 9.11. The number of aromatic nitrogens is 1. The van der Waals surface area contributed by atoms with E-state index in [-0.39, 0.29) is 19.1 Å². The minimum absolute atomic E-state index is 0.0799. The molecule has 1 aliphatic heterocycles. The van der Waals surface area contributed by atoms with Crippen LogP contribution in [0.25, 0.3) is 0 Å². The third kappa shape index (κ3) is 3.58. The number of carbonyl (C=O) groups excluding carboxylic acids is 1. The first-order valence-electron chi connectivity index (χ1n) is 8.31. The van der Waals surface area contributed by atoms with Crippen LogP contribution in [-0.4, -0.2) is 52.3 Å². The molecule has 1 aromatic carbocycles. The van der Waals surface area contributed by atoms with E-state index in [0.717, 1.165) is 11.4 Å². The molecular formula is C19H22N2O4. The number of morpholine rings is 1. The lowest BCUT2D eigenvalue weighted by Crippen LogP contribution is -2.48. The van der Waals surface area contributed by atoms with E-state index in [4.69, 9.17) is 9.84 Å². The Balaban J connectivity index is 1.82. The zero-order valence-corrected chi connectivity index (χ0v) is 14.4. The highest BCUT2D eigenvalue weighted by Gasteiger charge is 2.30. The van der Waals surface area contributed by atoms with Gasteiger partial charge in [0.1, 0.15) is 0 Å². The van der Waals surface area contributed by atoms with Crippen molar-refractivity contribution < 1.29 is 19.4 Å². The Morgan fingerprint density at radius 1 is 1.24 bits per heavy atom. The first-order chi connectivity index (χ1) is 12.0. The van der Waals surface area contributed by atoms with Crippen molar-refractivity contribution in [1.29, 1.82) is 0 Å². The van der Waals surface area contributed by atoms with Crippen LogP contribution >= 0.6 is 0 Å². The second-order valence-electron chi connectivity index (χ2n) is 6.31. The summed E-state index contributed by atoms with van der Waals surface area (Å²) in [5.74, 6) is -1.17. The van der Waals surface area contributed by atoms with Crippen LogP contribution in [0.15, 0.2) is 36.4 Å². The van der Waals surface area contributed by atoms with Gasteiger partial charge in [-0.2, -0.15) is 0 Å². The number of hydrogen-bond acceptors (Lipinski definition) is 3. The van der Waals surface area contributed by atoms with Crippen LogP contribution in [0.2, 0.25) is 0 Å². The molecule has 0 bridgehead atoms. The summed E-state index contributed by atoms with van der Waals surface area (Å²) in [5.41, 5.74) is 3.69. The molecule has 0 spiro atoms. The molecule has 2 aromatic rings. The maximum atomic E-state index is 12.9. The molecule has 1 fully saturated rings. The molecule has 132 valence electrons. The molecule has 6 nitrogen and oxygen atoms in total. The van der Waals surface area contributed by atoms with Gasteiger partial charge in [0.15, 0.2) is 6.10 Å². The summed E-state index contributed by atoms with van der Waals surface area (Å²) in [6.07, 6.45) is -0.953. The van der Waals surface area contributed by atoms with E-state index in [1.165, 1.54) is 5.56 Å². The Morgan fingerprint density at radius 3 is 2.64 bits per heavy atom. The van der Waals surface area contributed by atoms with Gasteiger partial charge in [0.05, 0.1) is 18.7 Å². The minimum Gasteiger partial charge on any atom is -0.479 e. The number of carbonyl (C=O) groups is 2. The summed E-state index contributed by atoms with van der Waals surface area (Å²) < 4.78 is 7.30. The Bertz CT molecular complexity index is 782. The van der Waals surface area contributed by atoms with Crippen LogP contribution in [-0.2, 0) is 16.1 Å². The Kier molecular flexibility index (Phi) is 4.90. The van der Waals surface area contributed by atoms with Gasteiger partial charge in [-0.05, 0) is 25.5 Å². The van der Waals surface area contributed by atoms with Crippen LogP contribution in [0, 0.1) is 13.8 Å². The molecule has 1 aromatic heterocycles. The third-order valence-electron chi connectivity index (χ3n) is 4.62. The SMILES string of the molecule is Cc1cc(C(=O)N2CCOC(C(=O)O)C2)c(C)n1Cc1ccccc1. The summed E-state index contributed by atoms with van der Waals surface area (Å²) in [6, 6.07) is 12.0. The van der Waals surface area contributed by atoms with Crippen molar-refractivity contribution in [2.24, 2.45) is 0 Å². The Hall–Kier alpha value is -2.60. The molecule has 0 radical (unpaired) electrons. The highest BCUT2D eigenvalue weighted by molar-refractivity contribution is 5.96. The number of hydrogen-bond donors (Lipinski definition) is 1. The van der Waals surface area contributed by atoms with Crippen molar-refractivity contribution in [2.45, 2.75) is 26.5 Å². The molecule has 1 aliphatic rings. The van der Waals surface area contributed by atoms with Gasteiger partial charge in [0, 0.05) is 24.5 Å². The lowest BCUT2D eigenvalue weighted by Gasteiger charge is -2.30. The Morgan fingerprint density at radius 2 is 1.96 bits per heavy atom. The van der Waals surface area contributed by atoms with E-state index in [1.807, 2.05) is 38.1 Å². The molecule has 0 aliphatic carbocycles. The van der Waals surface area contributed by atoms with Crippen LogP contribution in [0.4, 0.5) is 0 Å². The molecule has 1 saturated heterocycles. The number of benzene rings is 1. The van der Waals surface area contributed by atoms with Gasteiger partial charge in [-0.3, -0.25) is 4.79 Å². The third-order valence-corrected chi connectivity index (χ3v) is 4.62. The normalized spacial score (nSPS) is 17.5. The smallest absolute Gasteiger partial charge is 0.334 e. The summed E-state index contributed by atoms with van der Waals surface area (Å²) in [7, 11) is 0. The van der Waals surface area contributed by atoms with Crippen molar-refractivity contribution >= 4 is 11.9 Å². The van der Waals surface area contributed by atoms with Gasteiger partial charge in [-0.1, -0.05) is 30.3 Å². The Labute approximate surface area is 146 Å². The molecular weight excluding hydrogens is 320 g/mol. The molecule has 2 heterocycles. The number of aliphatic carboxylic acids is 1. The quantitative estimate of drug-likeness (QED) is 0.923. The number of nitrogens with zero attached hydrogens (tertiary/aromatic N) is 2. The summed E-state index contributed by atoms with van der Waals surface area (Å²) >= 11 is 0. The van der Waals surface area contributed by atoms with Gasteiger partial charge in [-0.15, -0.1) is 0 Å². The molecule has 1 N–H and O–H groups in total. The monoisotopic (exact) mass is 342 g/mol. The maximum absolute atomic E-state index is 12.9. The predicted molar refractivity (Wildman–Crippen MR) is 92.7 cm³/mol. The lowest BCUT2D eigenvalue weighted by atomic mass is 10.2. The van der Waals surface area contributed by atoms with Crippen molar-refractivity contribution in [3.05, 3.63) is 58.9 Å². The van der Waals surface area contributed by atoms with Gasteiger partial charge in [0.25, 0.3) is 5.91 Å². The molecule has 1 amide bonds. The molecule has 25 heavy (non-hydrogen) atoms. The van der Waals surface area contributed by atoms with E-state index >= 15 is 0 Å². The van der Waals surface area contributed by atoms with Gasteiger partial charge >= 0.3 is 5.97 Å². The van der Waals surface area contributed by atoms with Crippen LogP contribution in [0.3, 0.4) is 0 Å². The molecule has 6 heteroatoms. The number of aryl methyl sites for hydroxylation is 1. The highest BCUT2D eigenvalue weighted by atomic mass is 16.5. The van der Waals surface area contributed by atoms with Crippen molar-refractivity contribution in [2.75, 3.05) is 19.7 Å². The fraction of sp³-hybridized carbons (Fsp3) is 0.368. The van der Waals surface area contributed by atoms with Gasteiger partial charge in [-0.25, -0.2) is 4.79 Å². The number of ether oxygens (including phenoxy) is 1. The second-order valence-corrected chi connectivity index (χ2v) is 6.31. The zero-order chi connectivity index (χ0) is 18.0. The predicted octanol–water partition coefficient (Wildman–Crippen LogP) is 2.08. The number of rotatable bonds is 4. The standard InChI is InChI=1S/C19H22N2O4/c1-13-10-16(14(2)21(13)11-15-6-4-3-5-7-15)18(22)20-8-9-25-17(12-20)19(23)24/h3-7,10,17H,8-9,11-12H2,1-2H3,(H,23,24). The molecule has 0 saturated carbocycles. The number of carboxylic acids is 1. The summed E-state index contributed by atoms with van der Waals surface area (Å²) in [6.45, 7) is 5.34. The number of amides is 1. The average Bonchev–Trinajstić information content (AvgIpc) is 2.90. The first kappa shape index (κ1) is 17.2. The topological polar surface area (TPSA) is 71.8 Å². The van der Waals surface area contributed by atoms with E-state index < -0.39 is 12.1 Å². The van der Waals surface area contributed by atoms with Gasteiger partial charge < -0.3 is 19.3 Å². The highest BCUT2D eigenvalue weighted by Crippen LogP contribution is 2.20. The zero-order valence-electron chi connectivity index (χ0n) is 14.4. The van der Waals surface area contributed by atoms with Crippen molar-refractivity contribution in [3.8, 4) is 0 Å². The van der Waals surface area contributed by atoms with Crippen molar-refractivity contribution in [1.82, 2.24) is 9.47 Å². The van der Waals surface area contributed by atoms with E-state index in [2.05, 4.69) is 16.7 Å². The largest absolute Gasteiger partial charge is 0.479 e. The fourth-order valence-electron chi connectivity index (χ4n) is 3.18. The maximum Gasteiger partial charge on any atom is 0.334 e. The lowest BCUT2D eigenvalue weighted by molar-refractivity contribution is -0.154. The van der Waals surface area contributed by atoms with E-state index in [0.29, 0.717) is 18.7 Å². The minimum atomic E-state index is -1.04. The van der Waals surface area contributed by atoms with Crippen LogP contribution in [0.1, 0.15) is 27.3 Å². The van der Waals surface area contributed by atoms with E-state index in [1.54, 1.807) is 4.90 Å². The first-order valence-corrected chi connectivity index (χ1v) is 8.31. The molecule has 1 unspecified atom stereocenters. The van der Waals surface area contributed by atoms with Crippen LogP contribution in [0.5, 0.6) is 0 Å². The molecule has 3 rings (SSSR count). The van der Waals surface area contributed by atoms with E-state index in [9.17, 15) is 9.59 Å². The van der Waals surface area contributed by atoms with Crippen LogP contribution < -0.4 is 0 Å². The van der Waals surface area contributed by atoms with Crippen molar-refractivity contribution in [3.63, 3.8) is 0 Å². The average molecular weight is 342 g/mol. The summed E-state index contributed by atoms with van der Waals surface area (Å²) in [4.78, 5) is 25.6. The fourth-order valence-corrected chi connectivity index (χ4v) is 3.18. The molecule has 1 atom stereocenters. The van der Waals surface area contributed by atoms with Gasteiger partial charge in [0.2, 0.25) is 0 Å².